The molecule has 3 aliphatic rings. The average Bonchev–Trinajstić information content (AvgIpc) is 1.59. The van der Waals surface area contributed by atoms with E-state index in [-0.39, 0.29) is 85.2 Å². The van der Waals surface area contributed by atoms with E-state index in [9.17, 15) is 48.3 Å². The highest BCUT2D eigenvalue weighted by Gasteiger charge is 2.64. The largest absolute Gasteiger partial charge is 0.495 e. The summed E-state index contributed by atoms with van der Waals surface area (Å²) in [6.07, 6.45) is 2.39. The molecule has 0 radical (unpaired) electrons. The van der Waals surface area contributed by atoms with Crippen molar-refractivity contribution in [3.8, 4) is 5.75 Å². The molecule has 22 nitrogen and oxygen atoms in total. The number of hydrogen-bond donors (Lipinski definition) is 5. The summed E-state index contributed by atoms with van der Waals surface area (Å²) in [6.45, 7) is 14.8. The molecule has 25 heteroatoms. The number of rotatable bonds is 27. The highest BCUT2D eigenvalue weighted by Crippen LogP contribution is 2.49. The second-order valence-electron chi connectivity index (χ2n) is 23.2. The van der Waals surface area contributed by atoms with Crippen LogP contribution < -0.4 is 31.3 Å². The molecule has 3 heterocycles. The smallest absolute Gasteiger partial charge is 0.409 e. The number of alkyl carbamates (subject to hydrolysis) is 1. The first kappa shape index (κ1) is 75.5. The molecule has 3 aliphatic heterocycles. The standard InChI is InChI=1S/C62H85Br2ClN6O16.C2H6/c1-35(2)44(30-43(72)17-12-11-13-25-84-58(78)42(33-63)34-64)55(75)68-45(18-15-24-67-59(66)79)47(73)28-39-20-22-41(23-21-39)56(76)70(7)38(5)57(77)86-51-31-52(74)71(8)46-27-40(29-48(82-9)53(46)65)26-36(3)16-14-19-50(83-10)62(81)32-49(85-60(80)69-62)37(4)54-61(51,6)87-54;1-2/h14,16,19-23,27,29,35,37-38,42,44-45,49-51,54,81H,11-13,15,17-18,24-26,28,30-34H2,1-10H3,(H,68,75)(H,69,80)(H3,66,67,79);1-2H3/b19-14+,36-16+;/t37-,38+,44+,45+,49+,50-,51+,54+,61+,62+;/m1./s1. The number of fused-ring (bicyclic) bond motifs is 5. The zero-order chi connectivity index (χ0) is 66.5. The lowest BCUT2D eigenvalue weighted by Gasteiger charge is -2.42. The summed E-state index contributed by atoms with van der Waals surface area (Å²) in [5.74, 6) is -4.80. The molecule has 0 saturated carbocycles. The van der Waals surface area contributed by atoms with Gasteiger partial charge in [-0.2, -0.15) is 0 Å². The third kappa shape index (κ3) is 21.3. The number of unbranched alkanes of at least 4 members (excludes halogenated alkanes) is 2. The number of hydrogen-bond acceptors (Lipinski definition) is 16. The first-order valence-electron chi connectivity index (χ1n) is 30.2. The predicted octanol–water partition coefficient (Wildman–Crippen LogP) is 8.64. The highest BCUT2D eigenvalue weighted by atomic mass is 79.9. The number of methoxy groups -OCH3 is 2. The number of carbonyl (C=O) groups is 9. The van der Waals surface area contributed by atoms with Gasteiger partial charge in [-0.3, -0.25) is 34.1 Å². The van der Waals surface area contributed by atoms with Crippen molar-refractivity contribution in [1.82, 2.24) is 20.9 Å². The Morgan fingerprint density at radius 2 is 1.66 bits per heavy atom. The molecule has 6 N–H and O–H groups in total. The van der Waals surface area contributed by atoms with E-state index >= 15 is 0 Å². The van der Waals surface area contributed by atoms with E-state index in [0.717, 1.165) is 11.1 Å². The number of nitrogens with zero attached hydrogens (tertiary/aromatic N) is 2. The lowest BCUT2D eigenvalue weighted by Crippen LogP contribution is -2.63. The van der Waals surface area contributed by atoms with Crippen molar-refractivity contribution in [2.45, 2.75) is 174 Å². The van der Waals surface area contributed by atoms with E-state index in [1.165, 1.54) is 57.2 Å². The summed E-state index contributed by atoms with van der Waals surface area (Å²) in [5, 5.41) is 20.9. The molecule has 4 bridgehead atoms. The minimum atomic E-state index is -1.91. The van der Waals surface area contributed by atoms with Gasteiger partial charge in [-0.05, 0) is 101 Å². The van der Waals surface area contributed by atoms with Gasteiger partial charge in [-0.1, -0.05) is 114 Å². The number of esters is 2. The number of nitrogens with one attached hydrogen (secondary N) is 3. The number of alkyl halides is 2. The Kier molecular flexibility index (Phi) is 30.2. The van der Waals surface area contributed by atoms with E-state index in [0.29, 0.717) is 59.8 Å². The van der Waals surface area contributed by atoms with Gasteiger partial charge < -0.3 is 59.7 Å². The maximum atomic E-state index is 14.5. The third-order valence-electron chi connectivity index (χ3n) is 16.3. The molecule has 2 aromatic carbocycles. The number of primary amides is 1. The molecule has 2 saturated heterocycles. The van der Waals surface area contributed by atoms with Gasteiger partial charge >= 0.3 is 24.1 Å². The van der Waals surface area contributed by atoms with Crippen molar-refractivity contribution in [3.05, 3.63) is 81.9 Å². The van der Waals surface area contributed by atoms with Gasteiger partial charge in [-0.25, -0.2) is 14.4 Å². The third-order valence-corrected chi connectivity index (χ3v) is 18.3. The fraction of sp³-hybridized carbons (Fsp3) is 0.609. The monoisotopic (exact) mass is 1390 g/mol. The van der Waals surface area contributed by atoms with Crippen molar-refractivity contribution in [2.24, 2.45) is 29.4 Å². The van der Waals surface area contributed by atoms with Crippen LogP contribution in [0.25, 0.3) is 0 Å². The fourth-order valence-electron chi connectivity index (χ4n) is 10.6. The summed E-state index contributed by atoms with van der Waals surface area (Å²) >= 11 is 13.4. The molecule has 10 atom stereocenters. The number of amides is 6. The molecule has 0 spiro atoms. The number of ether oxygens (including phenoxy) is 6. The van der Waals surface area contributed by atoms with Crippen molar-refractivity contribution in [1.29, 1.82) is 0 Å². The Morgan fingerprint density at radius 1 is 0.989 bits per heavy atom. The molecule has 0 aliphatic carbocycles. The molecule has 2 fully saturated rings. The van der Waals surface area contributed by atoms with Crippen molar-refractivity contribution < 1.29 is 76.7 Å². The van der Waals surface area contributed by atoms with E-state index < -0.39 is 102 Å². The van der Waals surface area contributed by atoms with E-state index in [2.05, 4.69) is 47.8 Å². The van der Waals surface area contributed by atoms with Crippen LogP contribution in [0.15, 0.2) is 60.2 Å². The lowest BCUT2D eigenvalue weighted by molar-refractivity contribution is -0.158. The van der Waals surface area contributed by atoms with Crippen molar-refractivity contribution >= 4 is 102 Å². The van der Waals surface area contributed by atoms with Gasteiger partial charge in [0.1, 0.15) is 46.5 Å². The van der Waals surface area contributed by atoms with Crippen LogP contribution in [0.5, 0.6) is 5.75 Å². The molecule has 494 valence electrons. The zero-order valence-electron chi connectivity index (χ0n) is 53.3. The quantitative estimate of drug-likeness (QED) is 0.0184. The van der Waals surface area contributed by atoms with Gasteiger partial charge in [0.25, 0.3) is 5.91 Å². The number of urea groups is 1. The number of carbonyl (C=O) groups excluding carboxylic acids is 9. The minimum absolute atomic E-state index is 0.0357. The SMILES string of the molecule is CC.COc1cc2cc(c1Cl)N(C)C(=O)C[C@H](OC(=O)[C@H](C)N(C)C(=O)c1ccc(CC(=O)[C@H](CCCNC(N)=O)NC(=O)[C@@H](CC(=O)CCCCCOC(=O)C(CBr)CBr)C(C)C)cc1)[C@]1(C)O[C@H]1[C@H](C)[C@@H]1C[C@@](O)(NC(=O)O1)[C@H](OC)/C=C/C=C(\C)C2. The number of nitrogens with two attached hydrogens (primary N) is 1. The van der Waals surface area contributed by atoms with Crippen molar-refractivity contribution in [2.75, 3.05) is 57.0 Å². The molecular weight excluding hydrogens is 1300 g/mol. The van der Waals surface area contributed by atoms with Crippen LogP contribution in [0.4, 0.5) is 15.3 Å². The Labute approximate surface area is 545 Å². The maximum absolute atomic E-state index is 14.5. The average molecular weight is 1400 g/mol. The lowest BCUT2D eigenvalue weighted by atomic mass is 9.83. The van der Waals surface area contributed by atoms with Gasteiger partial charge in [0, 0.05) is 81.5 Å². The Morgan fingerprint density at radius 3 is 2.28 bits per heavy atom. The number of epoxide rings is 1. The Balaban J connectivity index is 0.00000837. The second-order valence-corrected chi connectivity index (χ2v) is 24.9. The second kappa shape index (κ2) is 35.6. The minimum Gasteiger partial charge on any atom is -0.495 e. The van der Waals surface area contributed by atoms with Gasteiger partial charge in [0.05, 0.1) is 43.9 Å². The van der Waals surface area contributed by atoms with Crippen LogP contribution in [0.1, 0.15) is 135 Å². The van der Waals surface area contributed by atoms with Gasteiger partial charge in [0.2, 0.25) is 11.8 Å². The number of halogens is 3. The van der Waals surface area contributed by atoms with E-state index in [4.69, 9.17) is 45.8 Å². The number of ketones is 2. The molecular formula is C64H91Br2ClN6O16. The number of aliphatic hydroxyl groups is 1. The van der Waals surface area contributed by atoms with E-state index in [1.807, 2.05) is 40.7 Å². The van der Waals surface area contributed by atoms with E-state index in [1.54, 1.807) is 50.3 Å². The highest BCUT2D eigenvalue weighted by molar-refractivity contribution is 9.09. The topological polar surface area (TPSA) is 301 Å². The van der Waals surface area contributed by atoms with Crippen LogP contribution in [0.3, 0.4) is 0 Å². The number of likely N-dealkylation sites (N-methyl/N-ethyl adjacent to an activating group) is 1. The summed E-state index contributed by atoms with van der Waals surface area (Å²) < 4.78 is 34.9. The summed E-state index contributed by atoms with van der Waals surface area (Å²) in [6, 6.07) is 6.70. The maximum Gasteiger partial charge on any atom is 0.409 e. The van der Waals surface area contributed by atoms with Gasteiger partial charge in [0.15, 0.2) is 11.5 Å². The summed E-state index contributed by atoms with van der Waals surface area (Å²) in [7, 11) is 5.81. The molecule has 5 rings (SSSR count). The molecule has 0 unspecified atom stereocenters. The number of Topliss-reactive ketones (excluding diaryl/α,β-unsaturated/α-hetero) is 2. The van der Waals surface area contributed by atoms with Gasteiger partial charge in [-0.15, -0.1) is 0 Å². The summed E-state index contributed by atoms with van der Waals surface area (Å²) in [4.78, 5) is 123. The van der Waals surface area contributed by atoms with Crippen LogP contribution in [-0.4, -0.2) is 163 Å². The normalized spacial score (nSPS) is 23.7. The van der Waals surface area contributed by atoms with Crippen LogP contribution >= 0.6 is 43.5 Å². The first-order chi connectivity index (χ1) is 42.1. The predicted molar refractivity (Wildman–Crippen MR) is 344 cm³/mol. The Bertz CT molecular complexity index is 2860. The number of allylic oxidation sites excluding steroid dienone is 3. The van der Waals surface area contributed by atoms with Crippen LogP contribution in [0.2, 0.25) is 5.02 Å². The fourth-order valence-corrected chi connectivity index (χ4v) is 12.5. The summed E-state index contributed by atoms with van der Waals surface area (Å²) in [5.41, 5.74) is 4.63. The first-order valence-corrected chi connectivity index (χ1v) is 32.9. The molecule has 0 aromatic heterocycles. The zero-order valence-corrected chi connectivity index (χ0v) is 57.2. The van der Waals surface area contributed by atoms with Crippen molar-refractivity contribution in [3.63, 3.8) is 0 Å². The molecule has 89 heavy (non-hydrogen) atoms. The van der Waals surface area contributed by atoms with Crippen LogP contribution in [0, 0.1) is 23.7 Å². The molecule has 6 amide bonds. The van der Waals surface area contributed by atoms with Crippen LogP contribution in [-0.2, 0) is 65.3 Å². The molecule has 2 aromatic rings. The number of anilines is 1. The number of benzene rings is 2. The Hall–Kier alpha value is -5.92.